The molecule has 0 saturated carbocycles. The third kappa shape index (κ3) is 3.43. The molecule has 4 nitrogen and oxygen atoms in total. The van der Waals surface area contributed by atoms with Crippen molar-refractivity contribution in [1.29, 1.82) is 0 Å². The van der Waals surface area contributed by atoms with Crippen LogP contribution in [0.15, 0.2) is 18.2 Å². The molecule has 0 bridgehead atoms. The molecular weight excluding hydrogens is 235 g/mol. The molecule has 0 saturated heterocycles. The number of hydrogen-bond acceptors (Lipinski definition) is 3. The topological polar surface area (TPSA) is 52.6 Å². The number of amides is 1. The second-order valence-electron chi connectivity index (χ2n) is 4.04. The number of anilines is 1. The fraction of sp³-hybridized carbons (Fsp3) is 0.462. The Kier molecular flexibility index (Phi) is 5.58. The lowest BCUT2D eigenvalue weighted by Gasteiger charge is -2.18. The zero-order valence-electron chi connectivity index (χ0n) is 10.7. The molecule has 0 unspecified atom stereocenters. The van der Waals surface area contributed by atoms with Crippen molar-refractivity contribution in [1.82, 2.24) is 4.90 Å². The lowest BCUT2D eigenvalue weighted by Crippen LogP contribution is -2.30. The summed E-state index contributed by atoms with van der Waals surface area (Å²) in [5.74, 6) is -0.742. The van der Waals surface area contributed by atoms with Gasteiger partial charge in [0.05, 0.1) is 17.9 Å². The van der Waals surface area contributed by atoms with E-state index in [1.54, 1.807) is 13.1 Å². The first-order valence-electron chi connectivity index (χ1n) is 6.00. The van der Waals surface area contributed by atoms with Crippen molar-refractivity contribution in [2.75, 3.05) is 32.1 Å². The van der Waals surface area contributed by atoms with Gasteiger partial charge in [-0.05, 0) is 18.6 Å². The van der Waals surface area contributed by atoms with E-state index in [1.165, 1.54) is 17.0 Å². The van der Waals surface area contributed by atoms with Crippen molar-refractivity contribution in [2.24, 2.45) is 0 Å². The summed E-state index contributed by atoms with van der Waals surface area (Å²) in [5.41, 5.74) is 0.522. The highest BCUT2D eigenvalue weighted by molar-refractivity contribution is 5.99. The van der Waals surface area contributed by atoms with Gasteiger partial charge in [0.2, 0.25) is 0 Å². The van der Waals surface area contributed by atoms with Crippen LogP contribution in [0.2, 0.25) is 0 Å². The zero-order valence-corrected chi connectivity index (χ0v) is 10.7. The van der Waals surface area contributed by atoms with Gasteiger partial charge in [-0.25, -0.2) is 4.39 Å². The number of aliphatic hydroxyl groups is 1. The molecule has 5 heteroatoms. The van der Waals surface area contributed by atoms with Crippen LogP contribution in [-0.2, 0) is 0 Å². The van der Waals surface area contributed by atoms with Crippen LogP contribution in [0.5, 0.6) is 0 Å². The monoisotopic (exact) mass is 254 g/mol. The van der Waals surface area contributed by atoms with Gasteiger partial charge in [-0.3, -0.25) is 4.79 Å². The average Bonchev–Trinajstić information content (AvgIpc) is 2.36. The number of nitrogens with one attached hydrogen (secondary N) is 1. The Morgan fingerprint density at radius 3 is 2.83 bits per heavy atom. The fourth-order valence-corrected chi connectivity index (χ4v) is 1.59. The lowest BCUT2D eigenvalue weighted by molar-refractivity contribution is 0.0767. The molecule has 0 fully saturated rings. The van der Waals surface area contributed by atoms with E-state index in [1.807, 2.05) is 6.92 Å². The smallest absolute Gasteiger partial charge is 0.255 e. The predicted molar refractivity (Wildman–Crippen MR) is 69.2 cm³/mol. The standard InChI is InChI=1S/C13H19FN2O2/c1-3-7-15-12-10(5-4-6-11(12)14)13(18)16(2)8-9-17/h4-6,15,17H,3,7-9H2,1-2H3. The zero-order chi connectivity index (χ0) is 13.5. The molecule has 18 heavy (non-hydrogen) atoms. The Balaban J connectivity index is 2.99. The molecule has 0 aliphatic heterocycles. The maximum Gasteiger partial charge on any atom is 0.255 e. The Morgan fingerprint density at radius 1 is 1.50 bits per heavy atom. The summed E-state index contributed by atoms with van der Waals surface area (Å²) in [6, 6.07) is 4.41. The van der Waals surface area contributed by atoms with Crippen LogP contribution in [0.1, 0.15) is 23.7 Å². The summed E-state index contributed by atoms with van der Waals surface area (Å²) < 4.78 is 13.7. The molecule has 0 spiro atoms. The predicted octanol–water partition coefficient (Wildman–Crippen LogP) is 1.71. The maximum absolute atomic E-state index is 13.7. The minimum atomic E-state index is -0.438. The molecule has 100 valence electrons. The van der Waals surface area contributed by atoms with E-state index in [4.69, 9.17) is 5.11 Å². The molecule has 0 radical (unpaired) electrons. The number of carbonyl (C=O) groups is 1. The summed E-state index contributed by atoms with van der Waals surface area (Å²) >= 11 is 0. The third-order valence-electron chi connectivity index (χ3n) is 2.58. The maximum atomic E-state index is 13.7. The third-order valence-corrected chi connectivity index (χ3v) is 2.58. The van der Waals surface area contributed by atoms with Crippen molar-refractivity contribution in [2.45, 2.75) is 13.3 Å². The largest absolute Gasteiger partial charge is 0.395 e. The van der Waals surface area contributed by atoms with Crippen molar-refractivity contribution < 1.29 is 14.3 Å². The lowest BCUT2D eigenvalue weighted by atomic mass is 10.1. The second-order valence-corrected chi connectivity index (χ2v) is 4.04. The highest BCUT2D eigenvalue weighted by atomic mass is 19.1. The van der Waals surface area contributed by atoms with Gasteiger partial charge in [-0.2, -0.15) is 0 Å². The van der Waals surface area contributed by atoms with E-state index < -0.39 is 5.82 Å². The summed E-state index contributed by atoms with van der Waals surface area (Å²) in [6.07, 6.45) is 0.842. The first-order valence-corrected chi connectivity index (χ1v) is 6.00. The van der Waals surface area contributed by atoms with Gasteiger partial charge in [0.1, 0.15) is 5.82 Å². The molecule has 1 aromatic carbocycles. The average molecular weight is 254 g/mol. The number of benzene rings is 1. The van der Waals surface area contributed by atoms with Crippen molar-refractivity contribution in [3.8, 4) is 0 Å². The van der Waals surface area contributed by atoms with Gasteiger partial charge in [0.15, 0.2) is 0 Å². The number of halogens is 1. The van der Waals surface area contributed by atoms with Gasteiger partial charge in [-0.15, -0.1) is 0 Å². The molecule has 0 aliphatic carbocycles. The van der Waals surface area contributed by atoms with Gasteiger partial charge >= 0.3 is 0 Å². The molecule has 0 aliphatic rings. The van der Waals surface area contributed by atoms with Crippen LogP contribution >= 0.6 is 0 Å². The van der Waals surface area contributed by atoms with Gasteiger partial charge in [-0.1, -0.05) is 13.0 Å². The van der Waals surface area contributed by atoms with E-state index in [2.05, 4.69) is 5.32 Å². The molecule has 0 heterocycles. The molecular formula is C13H19FN2O2. The number of nitrogens with zero attached hydrogens (tertiary/aromatic N) is 1. The Morgan fingerprint density at radius 2 is 2.22 bits per heavy atom. The number of rotatable bonds is 6. The molecule has 0 atom stereocenters. The first-order chi connectivity index (χ1) is 8.61. The van der Waals surface area contributed by atoms with E-state index >= 15 is 0 Å². The van der Waals surface area contributed by atoms with Gasteiger partial charge < -0.3 is 15.3 Å². The summed E-state index contributed by atoms with van der Waals surface area (Å²) in [4.78, 5) is 13.4. The fourth-order valence-electron chi connectivity index (χ4n) is 1.59. The number of likely N-dealkylation sites (N-methyl/N-ethyl adjacent to an activating group) is 1. The molecule has 1 amide bonds. The van der Waals surface area contributed by atoms with Crippen LogP contribution in [0, 0.1) is 5.82 Å². The minimum absolute atomic E-state index is 0.116. The number of para-hydroxylation sites is 1. The quantitative estimate of drug-likeness (QED) is 0.812. The van der Waals surface area contributed by atoms with Crippen molar-refractivity contribution >= 4 is 11.6 Å². The minimum Gasteiger partial charge on any atom is -0.395 e. The molecule has 0 aromatic heterocycles. The summed E-state index contributed by atoms with van der Waals surface area (Å²) in [6.45, 7) is 2.68. The van der Waals surface area contributed by atoms with Gasteiger partial charge in [0, 0.05) is 20.1 Å². The highest BCUT2D eigenvalue weighted by Crippen LogP contribution is 2.21. The van der Waals surface area contributed by atoms with Crippen LogP contribution in [-0.4, -0.2) is 42.7 Å². The molecule has 2 N–H and O–H groups in total. The van der Waals surface area contributed by atoms with Crippen molar-refractivity contribution in [3.63, 3.8) is 0 Å². The van der Waals surface area contributed by atoms with Crippen LogP contribution in [0.4, 0.5) is 10.1 Å². The highest BCUT2D eigenvalue weighted by Gasteiger charge is 2.17. The summed E-state index contributed by atoms with van der Waals surface area (Å²) in [7, 11) is 1.58. The van der Waals surface area contributed by atoms with E-state index in [9.17, 15) is 9.18 Å². The SMILES string of the molecule is CCCNc1c(F)cccc1C(=O)N(C)CCO. The van der Waals surface area contributed by atoms with Crippen LogP contribution in [0.25, 0.3) is 0 Å². The van der Waals surface area contributed by atoms with E-state index in [0.717, 1.165) is 6.42 Å². The van der Waals surface area contributed by atoms with Crippen LogP contribution < -0.4 is 5.32 Å². The summed E-state index contributed by atoms with van der Waals surface area (Å²) in [5, 5.41) is 11.7. The molecule has 1 aromatic rings. The number of carbonyl (C=O) groups excluding carboxylic acids is 1. The normalized spacial score (nSPS) is 10.2. The van der Waals surface area contributed by atoms with E-state index in [0.29, 0.717) is 12.1 Å². The second kappa shape index (κ2) is 6.96. The van der Waals surface area contributed by atoms with Gasteiger partial charge in [0.25, 0.3) is 5.91 Å². The van der Waals surface area contributed by atoms with Crippen LogP contribution in [0.3, 0.4) is 0 Å². The Labute approximate surface area is 106 Å². The number of hydrogen-bond donors (Lipinski definition) is 2. The molecule has 1 rings (SSSR count). The Bertz CT molecular complexity index is 410. The van der Waals surface area contributed by atoms with E-state index in [-0.39, 0.29) is 24.7 Å². The first kappa shape index (κ1) is 14.4. The number of aliphatic hydroxyl groups excluding tert-OH is 1. The Hall–Kier alpha value is -1.62. The van der Waals surface area contributed by atoms with Crippen molar-refractivity contribution in [3.05, 3.63) is 29.6 Å².